The van der Waals surface area contributed by atoms with Crippen molar-refractivity contribution < 1.29 is 13.6 Å². The van der Waals surface area contributed by atoms with Gasteiger partial charge >= 0.3 is 6.03 Å². The molecule has 2 amide bonds. The summed E-state index contributed by atoms with van der Waals surface area (Å²) >= 11 is 0. The van der Waals surface area contributed by atoms with Crippen molar-refractivity contribution in [1.29, 1.82) is 0 Å². The normalized spacial score (nSPS) is 20.0. The molecule has 3 aromatic rings. The van der Waals surface area contributed by atoms with E-state index >= 15 is 0 Å². The molecule has 4 heterocycles. The number of aromatic nitrogens is 3. The van der Waals surface area contributed by atoms with Crippen LogP contribution < -0.4 is 11.1 Å². The largest absolute Gasteiger partial charge is 0.441 e. The molecule has 1 saturated heterocycles. The maximum absolute atomic E-state index is 13.8. The van der Waals surface area contributed by atoms with E-state index < -0.39 is 18.2 Å². The van der Waals surface area contributed by atoms with Crippen molar-refractivity contribution in [2.75, 3.05) is 18.4 Å². The van der Waals surface area contributed by atoms with Crippen LogP contribution >= 0.6 is 0 Å². The van der Waals surface area contributed by atoms with Crippen LogP contribution in [0.2, 0.25) is 0 Å². The molecule has 3 aromatic heterocycles. The third-order valence-electron chi connectivity index (χ3n) is 4.59. The lowest BCUT2D eigenvalue weighted by molar-refractivity contribution is 0.137. The quantitative estimate of drug-likeness (QED) is 0.717. The van der Waals surface area contributed by atoms with E-state index in [1.54, 1.807) is 31.6 Å². The molecule has 0 bridgehead atoms. The topological polar surface area (TPSA) is 110 Å². The minimum Gasteiger partial charge on any atom is -0.441 e. The molecule has 1 fully saturated rings. The van der Waals surface area contributed by atoms with E-state index in [4.69, 9.17) is 10.2 Å². The molecule has 9 heteroatoms. The molecular formula is C18H19FN6O2. The second-order valence-corrected chi connectivity index (χ2v) is 6.57. The summed E-state index contributed by atoms with van der Waals surface area (Å²) in [7, 11) is 0. The molecule has 0 unspecified atom stereocenters. The number of likely N-dealkylation sites (tertiary alicyclic amines) is 1. The number of amides is 2. The summed E-state index contributed by atoms with van der Waals surface area (Å²) < 4.78 is 19.3. The molecule has 1 aliphatic heterocycles. The first-order valence-electron chi connectivity index (χ1n) is 8.64. The summed E-state index contributed by atoms with van der Waals surface area (Å²) in [6.07, 6.45) is 4.11. The van der Waals surface area contributed by atoms with Crippen LogP contribution in [0, 0.1) is 6.92 Å². The zero-order valence-corrected chi connectivity index (χ0v) is 14.7. The van der Waals surface area contributed by atoms with E-state index in [-0.39, 0.29) is 6.54 Å². The van der Waals surface area contributed by atoms with Gasteiger partial charge in [-0.15, -0.1) is 0 Å². The second-order valence-electron chi connectivity index (χ2n) is 6.57. The third-order valence-corrected chi connectivity index (χ3v) is 4.59. The maximum atomic E-state index is 13.8. The molecule has 0 aliphatic carbocycles. The highest BCUT2D eigenvalue weighted by atomic mass is 19.1. The minimum atomic E-state index is -1.22. The first kappa shape index (κ1) is 17.3. The number of carbonyl (C=O) groups is 1. The van der Waals surface area contributed by atoms with Gasteiger partial charge in [0.1, 0.15) is 12.0 Å². The van der Waals surface area contributed by atoms with Gasteiger partial charge in [0.15, 0.2) is 11.7 Å². The Balaban J connectivity index is 1.54. The van der Waals surface area contributed by atoms with E-state index in [1.165, 1.54) is 4.90 Å². The van der Waals surface area contributed by atoms with Gasteiger partial charge in [-0.05, 0) is 18.6 Å². The molecule has 4 rings (SSSR count). The van der Waals surface area contributed by atoms with Crippen LogP contribution in [0.25, 0.3) is 22.2 Å². The first-order chi connectivity index (χ1) is 13.0. The van der Waals surface area contributed by atoms with Gasteiger partial charge in [0.2, 0.25) is 0 Å². The molecule has 27 heavy (non-hydrogen) atoms. The average Bonchev–Trinajstić information content (AvgIpc) is 3.09. The van der Waals surface area contributed by atoms with Crippen molar-refractivity contribution in [3.63, 3.8) is 0 Å². The number of fused-ring (bicyclic) bond motifs is 1. The molecule has 3 N–H and O–H groups in total. The average molecular weight is 370 g/mol. The van der Waals surface area contributed by atoms with Crippen molar-refractivity contribution in [2.24, 2.45) is 5.73 Å². The Morgan fingerprint density at radius 3 is 2.89 bits per heavy atom. The Labute approximate surface area is 154 Å². The zero-order chi connectivity index (χ0) is 19.0. The monoisotopic (exact) mass is 370 g/mol. The van der Waals surface area contributed by atoms with Crippen LogP contribution in [-0.4, -0.2) is 51.2 Å². The summed E-state index contributed by atoms with van der Waals surface area (Å²) in [6, 6.07) is 2.69. The summed E-state index contributed by atoms with van der Waals surface area (Å²) in [4.78, 5) is 26.4. The number of piperidine rings is 1. The minimum absolute atomic E-state index is 0.0167. The highest BCUT2D eigenvalue weighted by Crippen LogP contribution is 2.24. The van der Waals surface area contributed by atoms with Crippen LogP contribution in [0.1, 0.15) is 12.3 Å². The summed E-state index contributed by atoms with van der Waals surface area (Å²) in [6.45, 7) is 2.17. The number of nitrogens with zero attached hydrogens (tertiary/aromatic N) is 4. The van der Waals surface area contributed by atoms with Crippen molar-refractivity contribution >= 4 is 22.8 Å². The Morgan fingerprint density at radius 2 is 2.15 bits per heavy atom. The van der Waals surface area contributed by atoms with Gasteiger partial charge in [0.05, 0.1) is 24.5 Å². The number of nitrogens with one attached hydrogen (secondary N) is 1. The predicted octanol–water partition coefficient (Wildman–Crippen LogP) is 2.50. The molecule has 140 valence electrons. The van der Waals surface area contributed by atoms with E-state index in [9.17, 15) is 9.18 Å². The first-order valence-corrected chi connectivity index (χ1v) is 8.64. The number of hydrogen-bond acceptors (Lipinski definition) is 6. The van der Waals surface area contributed by atoms with E-state index in [2.05, 4.69) is 20.3 Å². The van der Waals surface area contributed by atoms with E-state index in [0.717, 1.165) is 10.9 Å². The Kier molecular flexibility index (Phi) is 4.44. The van der Waals surface area contributed by atoms with Gasteiger partial charge in [-0.3, -0.25) is 10.3 Å². The highest BCUT2D eigenvalue weighted by molar-refractivity contribution is 5.91. The van der Waals surface area contributed by atoms with Crippen LogP contribution in [0.5, 0.6) is 0 Å². The molecule has 8 nitrogen and oxygen atoms in total. The van der Waals surface area contributed by atoms with E-state index in [1.807, 2.05) is 6.07 Å². The van der Waals surface area contributed by atoms with Crippen molar-refractivity contribution in [1.82, 2.24) is 19.9 Å². The number of carbonyl (C=O) groups excluding carboxylic acids is 1. The fourth-order valence-corrected chi connectivity index (χ4v) is 3.03. The van der Waals surface area contributed by atoms with E-state index in [0.29, 0.717) is 36.0 Å². The smallest absolute Gasteiger partial charge is 0.323 e. The number of pyridine rings is 2. The van der Waals surface area contributed by atoms with Crippen molar-refractivity contribution in [2.45, 2.75) is 25.6 Å². The SMILES string of the molecule is Cc1ncc(-c2cnc3cnc(NC(=O)N4CC[C@H](N)[C@@H](F)C4)cc3c2)o1. The molecule has 2 atom stereocenters. The Hall–Kier alpha value is -3.07. The number of halogens is 1. The van der Waals surface area contributed by atoms with Crippen molar-refractivity contribution in [3.8, 4) is 11.3 Å². The van der Waals surface area contributed by atoms with Gasteiger partial charge in [-0.1, -0.05) is 0 Å². The van der Waals surface area contributed by atoms with Crippen LogP contribution in [0.4, 0.5) is 15.0 Å². The molecule has 1 aliphatic rings. The molecule has 0 radical (unpaired) electrons. The predicted molar refractivity (Wildman–Crippen MR) is 97.9 cm³/mol. The number of oxazole rings is 1. The van der Waals surface area contributed by atoms with Crippen LogP contribution in [0.15, 0.2) is 35.1 Å². The lowest BCUT2D eigenvalue weighted by Crippen LogP contribution is -2.51. The summed E-state index contributed by atoms with van der Waals surface area (Å²) in [5.74, 6) is 1.55. The number of rotatable bonds is 2. The van der Waals surface area contributed by atoms with Crippen LogP contribution in [-0.2, 0) is 0 Å². The molecular weight excluding hydrogens is 351 g/mol. The second kappa shape index (κ2) is 6.92. The van der Waals surface area contributed by atoms with Crippen LogP contribution in [0.3, 0.4) is 0 Å². The van der Waals surface area contributed by atoms with Gasteiger partial charge in [-0.25, -0.2) is 19.2 Å². The van der Waals surface area contributed by atoms with Gasteiger partial charge in [0, 0.05) is 36.7 Å². The number of urea groups is 1. The fraction of sp³-hybridized carbons (Fsp3) is 0.333. The van der Waals surface area contributed by atoms with Gasteiger partial charge in [-0.2, -0.15) is 0 Å². The Bertz CT molecular complexity index is 991. The molecule has 0 spiro atoms. The number of hydrogen-bond donors (Lipinski definition) is 2. The highest BCUT2D eigenvalue weighted by Gasteiger charge is 2.29. The standard InChI is InChI=1S/C18H19FN6O2/c1-10-21-8-16(27-10)12-4-11-5-17(23-7-15(11)22-6-12)24-18(26)25-3-2-14(20)13(19)9-25/h4-8,13-14H,2-3,9,20H2,1H3,(H,23,24,26)/t13-,14-/m0/s1. The van der Waals surface area contributed by atoms with Gasteiger partial charge in [0.25, 0.3) is 0 Å². The number of alkyl halides is 1. The third kappa shape index (κ3) is 3.59. The lowest BCUT2D eigenvalue weighted by Gasteiger charge is -2.32. The number of nitrogens with two attached hydrogens (primary N) is 1. The summed E-state index contributed by atoms with van der Waals surface area (Å²) in [5.41, 5.74) is 7.11. The summed E-state index contributed by atoms with van der Waals surface area (Å²) in [5, 5.41) is 3.50. The molecule has 0 aromatic carbocycles. The lowest BCUT2D eigenvalue weighted by atomic mass is 10.0. The van der Waals surface area contributed by atoms with Gasteiger partial charge < -0.3 is 15.1 Å². The number of aryl methyl sites for hydroxylation is 1. The maximum Gasteiger partial charge on any atom is 0.323 e. The molecule has 0 saturated carbocycles. The van der Waals surface area contributed by atoms with Crippen molar-refractivity contribution in [3.05, 3.63) is 36.6 Å². The number of anilines is 1. The fourth-order valence-electron chi connectivity index (χ4n) is 3.03. The zero-order valence-electron chi connectivity index (χ0n) is 14.7. The Morgan fingerprint density at radius 1 is 1.30 bits per heavy atom.